The molecule has 14 heavy (non-hydrogen) atoms. The van der Waals surface area contributed by atoms with Crippen LogP contribution in [0.5, 0.6) is 0 Å². The van der Waals surface area contributed by atoms with Crippen molar-refractivity contribution in [2.75, 3.05) is 18.9 Å². The molecule has 1 aliphatic carbocycles. The number of rotatable bonds is 3. The van der Waals surface area contributed by atoms with Crippen molar-refractivity contribution in [2.45, 2.75) is 19.3 Å². The largest absolute Gasteiger partial charge is 0.447 e. The predicted octanol–water partition coefficient (Wildman–Crippen LogP) is 0.569. The highest BCUT2D eigenvalue weighted by Crippen LogP contribution is 2.29. The average Bonchev–Trinajstić information content (AvgIpc) is 2.45. The standard InChI is InChI=1S/C8H13NO4S/c10-8-9(4-5-13-8)14(11,12)6-7-2-1-3-7/h7H,1-6H2. The first kappa shape index (κ1) is 9.76. The molecule has 2 rings (SSSR count). The molecule has 0 aromatic heterocycles. The van der Waals surface area contributed by atoms with E-state index in [0.29, 0.717) is 0 Å². The van der Waals surface area contributed by atoms with Crippen LogP contribution in [-0.2, 0) is 14.8 Å². The van der Waals surface area contributed by atoms with Crippen LogP contribution in [0.4, 0.5) is 4.79 Å². The predicted molar refractivity (Wildman–Crippen MR) is 49.2 cm³/mol. The Hall–Kier alpha value is -0.780. The molecule has 80 valence electrons. The van der Waals surface area contributed by atoms with Gasteiger partial charge in [-0.2, -0.15) is 0 Å². The first-order valence-corrected chi connectivity index (χ1v) is 6.38. The maximum atomic E-state index is 11.7. The first-order chi connectivity index (χ1) is 6.59. The minimum atomic E-state index is -3.41. The van der Waals surface area contributed by atoms with Crippen molar-refractivity contribution in [3.63, 3.8) is 0 Å². The SMILES string of the molecule is O=C1OCCN1S(=O)(=O)CC1CCC1. The highest BCUT2D eigenvalue weighted by molar-refractivity contribution is 7.89. The fraction of sp³-hybridized carbons (Fsp3) is 0.875. The Labute approximate surface area is 83.1 Å². The van der Waals surface area contributed by atoms with E-state index in [-0.39, 0.29) is 24.8 Å². The zero-order valence-corrected chi connectivity index (χ0v) is 8.62. The van der Waals surface area contributed by atoms with Gasteiger partial charge in [-0.3, -0.25) is 0 Å². The van der Waals surface area contributed by atoms with E-state index in [2.05, 4.69) is 4.74 Å². The number of sulfonamides is 1. The van der Waals surface area contributed by atoms with Crippen molar-refractivity contribution in [1.82, 2.24) is 4.31 Å². The van der Waals surface area contributed by atoms with Crippen molar-refractivity contribution in [3.05, 3.63) is 0 Å². The summed E-state index contributed by atoms with van der Waals surface area (Å²) in [5, 5.41) is 0. The number of carbonyl (C=O) groups excluding carboxylic acids is 1. The van der Waals surface area contributed by atoms with Crippen LogP contribution < -0.4 is 0 Å². The lowest BCUT2D eigenvalue weighted by Gasteiger charge is -2.26. The molecule has 0 unspecified atom stereocenters. The third-order valence-corrected chi connectivity index (χ3v) is 4.63. The molecule has 0 radical (unpaired) electrons. The van der Waals surface area contributed by atoms with Crippen LogP contribution in [0.15, 0.2) is 0 Å². The van der Waals surface area contributed by atoms with Crippen molar-refractivity contribution in [1.29, 1.82) is 0 Å². The number of hydrogen-bond acceptors (Lipinski definition) is 4. The van der Waals surface area contributed by atoms with Gasteiger partial charge in [-0.25, -0.2) is 17.5 Å². The summed E-state index contributed by atoms with van der Waals surface area (Å²) in [6.07, 6.45) is 2.30. The smallest absolute Gasteiger partial charge is 0.423 e. The monoisotopic (exact) mass is 219 g/mol. The van der Waals surface area contributed by atoms with Gasteiger partial charge in [0.15, 0.2) is 0 Å². The average molecular weight is 219 g/mol. The van der Waals surface area contributed by atoms with Crippen molar-refractivity contribution in [3.8, 4) is 0 Å². The van der Waals surface area contributed by atoms with E-state index in [9.17, 15) is 13.2 Å². The van der Waals surface area contributed by atoms with Crippen LogP contribution in [0.25, 0.3) is 0 Å². The molecule has 0 atom stereocenters. The van der Waals surface area contributed by atoms with E-state index in [1.165, 1.54) is 0 Å². The molecule has 2 aliphatic rings. The molecule has 0 spiro atoms. The zero-order chi connectivity index (χ0) is 10.2. The van der Waals surface area contributed by atoms with Gasteiger partial charge in [-0.15, -0.1) is 0 Å². The lowest BCUT2D eigenvalue weighted by Crippen LogP contribution is -2.37. The normalized spacial score (nSPS) is 23.4. The summed E-state index contributed by atoms with van der Waals surface area (Å²) >= 11 is 0. The van der Waals surface area contributed by atoms with Gasteiger partial charge in [0.05, 0.1) is 12.3 Å². The molecular formula is C8H13NO4S. The lowest BCUT2D eigenvalue weighted by molar-refractivity contribution is 0.169. The fourth-order valence-corrected chi connectivity index (χ4v) is 3.42. The number of amides is 1. The van der Waals surface area contributed by atoms with Crippen molar-refractivity contribution in [2.24, 2.45) is 5.92 Å². The molecule has 1 aliphatic heterocycles. The number of nitrogens with zero attached hydrogens (tertiary/aromatic N) is 1. The highest BCUT2D eigenvalue weighted by Gasteiger charge is 2.36. The third-order valence-electron chi connectivity index (χ3n) is 2.73. The van der Waals surface area contributed by atoms with Gasteiger partial charge in [0.25, 0.3) is 0 Å². The van der Waals surface area contributed by atoms with Crippen LogP contribution >= 0.6 is 0 Å². The fourth-order valence-electron chi connectivity index (χ4n) is 1.68. The van der Waals surface area contributed by atoms with Gasteiger partial charge in [0, 0.05) is 0 Å². The molecule has 1 heterocycles. The second-order valence-corrected chi connectivity index (χ2v) is 5.70. The van der Waals surface area contributed by atoms with Crippen molar-refractivity contribution < 1.29 is 17.9 Å². The topological polar surface area (TPSA) is 63.7 Å². The van der Waals surface area contributed by atoms with Gasteiger partial charge < -0.3 is 4.74 Å². The van der Waals surface area contributed by atoms with Gasteiger partial charge in [0.1, 0.15) is 6.61 Å². The summed E-state index contributed by atoms with van der Waals surface area (Å²) in [7, 11) is -3.41. The molecular weight excluding hydrogens is 206 g/mol. The molecule has 0 N–H and O–H groups in total. The van der Waals surface area contributed by atoms with Gasteiger partial charge in [0.2, 0.25) is 10.0 Å². The quantitative estimate of drug-likeness (QED) is 0.696. The van der Waals surface area contributed by atoms with Crippen LogP contribution in [0.3, 0.4) is 0 Å². The Morgan fingerprint density at radius 1 is 1.43 bits per heavy atom. The number of hydrogen-bond donors (Lipinski definition) is 0. The minimum Gasteiger partial charge on any atom is -0.447 e. The second kappa shape index (κ2) is 3.42. The summed E-state index contributed by atoms with van der Waals surface area (Å²) in [4.78, 5) is 11.0. The second-order valence-electron chi connectivity index (χ2n) is 3.76. The number of cyclic esters (lactones) is 1. The van der Waals surface area contributed by atoms with E-state index in [4.69, 9.17) is 0 Å². The lowest BCUT2D eigenvalue weighted by atomic mass is 9.87. The van der Waals surface area contributed by atoms with Gasteiger partial charge in [-0.05, 0) is 18.8 Å². The van der Waals surface area contributed by atoms with Gasteiger partial charge in [-0.1, -0.05) is 6.42 Å². The Morgan fingerprint density at radius 3 is 2.57 bits per heavy atom. The Bertz CT molecular complexity index is 333. The van der Waals surface area contributed by atoms with Crippen LogP contribution in [0.2, 0.25) is 0 Å². The Morgan fingerprint density at radius 2 is 2.14 bits per heavy atom. The first-order valence-electron chi connectivity index (χ1n) is 4.77. The number of carbonyl (C=O) groups is 1. The maximum Gasteiger partial charge on any atom is 0.423 e. The summed E-state index contributed by atoms with van der Waals surface area (Å²) in [5.74, 6) is 0.343. The molecule has 1 saturated heterocycles. The maximum absolute atomic E-state index is 11.7. The van der Waals surface area contributed by atoms with Crippen LogP contribution in [-0.4, -0.2) is 37.7 Å². The molecule has 0 aromatic carbocycles. The Kier molecular flexibility index (Phi) is 2.38. The molecule has 1 saturated carbocycles. The third kappa shape index (κ3) is 1.70. The molecule has 1 amide bonds. The van der Waals surface area contributed by atoms with Crippen molar-refractivity contribution >= 4 is 16.1 Å². The van der Waals surface area contributed by atoms with Crippen LogP contribution in [0.1, 0.15) is 19.3 Å². The molecule has 5 nitrogen and oxygen atoms in total. The van der Waals surface area contributed by atoms with Crippen LogP contribution in [0, 0.1) is 5.92 Å². The molecule has 2 fully saturated rings. The Balaban J connectivity index is 2.03. The van der Waals surface area contributed by atoms with E-state index in [0.717, 1.165) is 23.6 Å². The number of ether oxygens (including phenoxy) is 1. The van der Waals surface area contributed by atoms with E-state index in [1.807, 2.05) is 0 Å². The van der Waals surface area contributed by atoms with E-state index >= 15 is 0 Å². The van der Waals surface area contributed by atoms with Gasteiger partial charge >= 0.3 is 6.09 Å². The zero-order valence-electron chi connectivity index (χ0n) is 7.81. The molecule has 0 aromatic rings. The van der Waals surface area contributed by atoms with E-state index < -0.39 is 16.1 Å². The molecule has 6 heteroatoms. The minimum absolute atomic E-state index is 0.0993. The van der Waals surface area contributed by atoms with E-state index in [1.54, 1.807) is 0 Å². The highest BCUT2D eigenvalue weighted by atomic mass is 32.2. The summed E-state index contributed by atoms with van der Waals surface area (Å²) in [6.45, 7) is 0.358. The summed E-state index contributed by atoms with van der Waals surface area (Å²) in [5.41, 5.74) is 0. The molecule has 0 bridgehead atoms. The summed E-state index contributed by atoms with van der Waals surface area (Å²) < 4.78 is 28.8. The summed E-state index contributed by atoms with van der Waals surface area (Å²) in [6, 6.07) is 0.